The fraction of sp³-hybridized carbons (Fsp3) is 0.467. The second kappa shape index (κ2) is 6.12. The van der Waals surface area contributed by atoms with Gasteiger partial charge in [-0.1, -0.05) is 11.6 Å². The van der Waals surface area contributed by atoms with Crippen molar-refractivity contribution in [1.82, 2.24) is 10.2 Å². The normalized spacial score (nSPS) is 20.8. The fourth-order valence-electron chi connectivity index (χ4n) is 2.59. The molecule has 1 aromatic carbocycles. The van der Waals surface area contributed by atoms with Crippen molar-refractivity contribution in [1.29, 1.82) is 0 Å². The largest absolute Gasteiger partial charge is 0.352 e. The van der Waals surface area contributed by atoms with Crippen molar-refractivity contribution in [3.05, 3.63) is 29.0 Å². The average molecular weight is 326 g/mol. The number of hydrogen-bond acceptors (Lipinski definition) is 2. The number of nitrogens with one attached hydrogen (secondary N) is 2. The molecule has 0 spiro atoms. The summed E-state index contributed by atoms with van der Waals surface area (Å²) in [7, 11) is 0. The number of halogens is 2. The second-order valence-electron chi connectivity index (χ2n) is 5.69. The summed E-state index contributed by atoms with van der Waals surface area (Å²) in [6.07, 6.45) is 3.46. The van der Waals surface area contributed by atoms with E-state index in [4.69, 9.17) is 11.6 Å². The molecule has 2 fully saturated rings. The third-order valence-corrected chi connectivity index (χ3v) is 4.23. The molecule has 1 heterocycles. The molecule has 3 rings (SSSR count). The number of benzene rings is 1. The standard InChI is InChI=1S/C15H17ClFN3O2/c16-11-8-9(17)3-6-12(11)19-15(22)20-7-1-2-13(20)14(21)18-10-4-5-10/h3,6,8,10,13H,1-2,4-5,7H2,(H,18,21)(H,19,22). The summed E-state index contributed by atoms with van der Waals surface area (Å²) in [6.45, 7) is 0.521. The number of hydrogen-bond donors (Lipinski definition) is 2. The van der Waals surface area contributed by atoms with E-state index in [0.717, 1.165) is 25.3 Å². The minimum Gasteiger partial charge on any atom is -0.352 e. The Bertz CT molecular complexity index is 606. The van der Waals surface area contributed by atoms with Gasteiger partial charge in [0.15, 0.2) is 0 Å². The smallest absolute Gasteiger partial charge is 0.322 e. The van der Waals surface area contributed by atoms with E-state index in [1.54, 1.807) is 0 Å². The molecule has 1 aromatic rings. The third-order valence-electron chi connectivity index (χ3n) is 3.91. The molecule has 2 N–H and O–H groups in total. The number of urea groups is 1. The zero-order valence-corrected chi connectivity index (χ0v) is 12.7. The van der Waals surface area contributed by atoms with Gasteiger partial charge in [-0.25, -0.2) is 9.18 Å². The molecule has 1 aliphatic heterocycles. The van der Waals surface area contributed by atoms with E-state index in [9.17, 15) is 14.0 Å². The van der Waals surface area contributed by atoms with Gasteiger partial charge in [0.1, 0.15) is 11.9 Å². The molecule has 118 valence electrons. The Morgan fingerprint density at radius 2 is 2.05 bits per heavy atom. The van der Waals surface area contributed by atoms with Crippen LogP contribution in [0.3, 0.4) is 0 Å². The number of likely N-dealkylation sites (tertiary alicyclic amines) is 1. The summed E-state index contributed by atoms with van der Waals surface area (Å²) in [6, 6.07) is 3.21. The van der Waals surface area contributed by atoms with Crippen LogP contribution in [0.4, 0.5) is 14.9 Å². The van der Waals surface area contributed by atoms with Gasteiger partial charge >= 0.3 is 6.03 Å². The Morgan fingerprint density at radius 1 is 1.27 bits per heavy atom. The zero-order valence-electron chi connectivity index (χ0n) is 11.9. The van der Waals surface area contributed by atoms with Crippen molar-refractivity contribution in [3.8, 4) is 0 Å². The number of carbonyl (C=O) groups excluding carboxylic acids is 2. The minimum absolute atomic E-state index is 0.0969. The zero-order chi connectivity index (χ0) is 15.7. The maximum absolute atomic E-state index is 13.0. The van der Waals surface area contributed by atoms with Crippen LogP contribution in [0.1, 0.15) is 25.7 Å². The molecule has 22 heavy (non-hydrogen) atoms. The second-order valence-corrected chi connectivity index (χ2v) is 6.10. The Balaban J connectivity index is 1.66. The predicted octanol–water partition coefficient (Wildman–Crippen LogP) is 2.75. The van der Waals surface area contributed by atoms with Crippen LogP contribution in [0.2, 0.25) is 5.02 Å². The highest BCUT2D eigenvalue weighted by Gasteiger charge is 2.36. The number of rotatable bonds is 3. The Kier molecular flexibility index (Phi) is 4.20. The van der Waals surface area contributed by atoms with Gasteiger partial charge in [-0.3, -0.25) is 4.79 Å². The first-order valence-corrected chi connectivity index (χ1v) is 7.75. The number of amides is 3. The molecule has 0 aromatic heterocycles. The molecular formula is C15H17ClFN3O2. The summed E-state index contributed by atoms with van der Waals surface area (Å²) in [4.78, 5) is 26.0. The van der Waals surface area contributed by atoms with Crippen LogP contribution in [0.15, 0.2) is 18.2 Å². The van der Waals surface area contributed by atoms with Crippen molar-refractivity contribution in [3.63, 3.8) is 0 Å². The van der Waals surface area contributed by atoms with Crippen molar-refractivity contribution < 1.29 is 14.0 Å². The molecule has 1 aliphatic carbocycles. The van der Waals surface area contributed by atoms with E-state index in [0.29, 0.717) is 18.7 Å². The highest BCUT2D eigenvalue weighted by molar-refractivity contribution is 6.33. The first-order chi connectivity index (χ1) is 10.5. The van der Waals surface area contributed by atoms with Crippen molar-refractivity contribution in [2.75, 3.05) is 11.9 Å². The van der Waals surface area contributed by atoms with E-state index >= 15 is 0 Å². The summed E-state index contributed by atoms with van der Waals surface area (Å²) in [5, 5.41) is 5.70. The fourth-order valence-corrected chi connectivity index (χ4v) is 2.80. The maximum atomic E-state index is 13.0. The van der Waals surface area contributed by atoms with Crippen molar-refractivity contribution in [2.24, 2.45) is 0 Å². The highest BCUT2D eigenvalue weighted by Crippen LogP contribution is 2.25. The van der Waals surface area contributed by atoms with Gasteiger partial charge in [0.25, 0.3) is 0 Å². The highest BCUT2D eigenvalue weighted by atomic mass is 35.5. The van der Waals surface area contributed by atoms with Gasteiger partial charge in [0, 0.05) is 12.6 Å². The van der Waals surface area contributed by atoms with Crippen LogP contribution >= 0.6 is 11.6 Å². The lowest BCUT2D eigenvalue weighted by Gasteiger charge is -2.24. The van der Waals surface area contributed by atoms with Crippen LogP contribution in [0.5, 0.6) is 0 Å². The maximum Gasteiger partial charge on any atom is 0.322 e. The van der Waals surface area contributed by atoms with E-state index < -0.39 is 11.9 Å². The third kappa shape index (κ3) is 3.32. The summed E-state index contributed by atoms with van der Waals surface area (Å²) >= 11 is 5.90. The molecule has 1 saturated carbocycles. The minimum atomic E-state index is -0.467. The Morgan fingerprint density at radius 3 is 2.73 bits per heavy atom. The molecular weight excluding hydrogens is 309 g/mol. The molecule has 1 atom stereocenters. The average Bonchev–Trinajstić information content (AvgIpc) is 3.14. The summed E-state index contributed by atoms with van der Waals surface area (Å²) < 4.78 is 13.0. The molecule has 0 radical (unpaired) electrons. The Hall–Kier alpha value is -1.82. The van der Waals surface area contributed by atoms with Crippen LogP contribution in [-0.2, 0) is 4.79 Å². The Labute approximate surface area is 132 Å². The van der Waals surface area contributed by atoms with Crippen LogP contribution in [-0.4, -0.2) is 35.5 Å². The topological polar surface area (TPSA) is 61.4 Å². The first-order valence-electron chi connectivity index (χ1n) is 7.37. The quantitative estimate of drug-likeness (QED) is 0.897. The molecule has 2 aliphatic rings. The van der Waals surface area contributed by atoms with Gasteiger partial charge in [0.2, 0.25) is 5.91 Å². The van der Waals surface area contributed by atoms with Crippen LogP contribution in [0.25, 0.3) is 0 Å². The molecule has 5 nitrogen and oxygen atoms in total. The van der Waals surface area contributed by atoms with Gasteiger partial charge in [0.05, 0.1) is 10.7 Å². The van der Waals surface area contributed by atoms with Gasteiger partial charge in [-0.2, -0.15) is 0 Å². The van der Waals surface area contributed by atoms with Gasteiger partial charge in [-0.15, -0.1) is 0 Å². The molecule has 3 amide bonds. The van der Waals surface area contributed by atoms with Crippen molar-refractivity contribution >= 4 is 29.2 Å². The van der Waals surface area contributed by atoms with Crippen LogP contribution in [0, 0.1) is 5.82 Å². The lowest BCUT2D eigenvalue weighted by molar-refractivity contribution is -0.124. The monoisotopic (exact) mass is 325 g/mol. The van der Waals surface area contributed by atoms with Gasteiger partial charge in [-0.05, 0) is 43.9 Å². The number of anilines is 1. The van der Waals surface area contributed by atoms with E-state index in [1.165, 1.54) is 17.0 Å². The molecule has 1 unspecified atom stereocenters. The van der Waals surface area contributed by atoms with Gasteiger partial charge < -0.3 is 15.5 Å². The van der Waals surface area contributed by atoms with E-state index in [2.05, 4.69) is 10.6 Å². The summed E-state index contributed by atoms with van der Waals surface area (Å²) in [5.74, 6) is -0.564. The number of nitrogens with zero attached hydrogens (tertiary/aromatic N) is 1. The lowest BCUT2D eigenvalue weighted by Crippen LogP contribution is -2.48. The first kappa shape index (κ1) is 15.1. The SMILES string of the molecule is O=C(NC1CC1)C1CCCN1C(=O)Nc1ccc(F)cc1Cl. The molecule has 0 bridgehead atoms. The van der Waals surface area contributed by atoms with Crippen molar-refractivity contribution in [2.45, 2.75) is 37.8 Å². The van der Waals surface area contributed by atoms with Crippen LogP contribution < -0.4 is 10.6 Å². The predicted molar refractivity (Wildman–Crippen MR) is 81.3 cm³/mol. The summed E-state index contributed by atoms with van der Waals surface area (Å²) in [5.41, 5.74) is 0.335. The molecule has 1 saturated heterocycles. The molecule has 7 heteroatoms. The van der Waals surface area contributed by atoms with E-state index in [-0.39, 0.29) is 23.0 Å². The lowest BCUT2D eigenvalue weighted by atomic mass is 10.2. The number of carbonyl (C=O) groups is 2. The van der Waals surface area contributed by atoms with E-state index in [1.807, 2.05) is 0 Å².